The van der Waals surface area contributed by atoms with Crippen LogP contribution in [0.15, 0.2) is 48.8 Å². The Kier molecular flexibility index (Phi) is 3.01. The van der Waals surface area contributed by atoms with Gasteiger partial charge in [-0.3, -0.25) is 4.98 Å². The molecule has 0 fully saturated rings. The Morgan fingerprint density at radius 2 is 1.81 bits per heavy atom. The number of nitrogens with two attached hydrogens (primary N) is 1. The zero-order valence-electron chi connectivity index (χ0n) is 10.7. The number of pyridine rings is 2. The second-order valence-electron chi connectivity index (χ2n) is 4.53. The van der Waals surface area contributed by atoms with E-state index in [1.54, 1.807) is 12.3 Å². The van der Waals surface area contributed by atoms with Crippen molar-refractivity contribution in [2.45, 2.75) is 6.18 Å². The maximum Gasteiger partial charge on any atom is 0.417 e. The smallest absolute Gasteiger partial charge is 0.398 e. The van der Waals surface area contributed by atoms with Crippen molar-refractivity contribution in [1.82, 2.24) is 9.97 Å². The van der Waals surface area contributed by atoms with E-state index < -0.39 is 11.7 Å². The van der Waals surface area contributed by atoms with Crippen LogP contribution >= 0.6 is 0 Å². The van der Waals surface area contributed by atoms with Crippen LogP contribution < -0.4 is 5.73 Å². The van der Waals surface area contributed by atoms with Crippen molar-refractivity contribution in [3.05, 3.63) is 54.4 Å². The van der Waals surface area contributed by atoms with Gasteiger partial charge in [0, 0.05) is 22.8 Å². The highest BCUT2D eigenvalue weighted by atomic mass is 19.4. The van der Waals surface area contributed by atoms with Crippen LogP contribution in [-0.2, 0) is 6.18 Å². The van der Waals surface area contributed by atoms with Crippen LogP contribution in [-0.4, -0.2) is 9.97 Å². The standard InChI is InChI=1S/C15H10F3N3/c16-15(17,18)11-4-2-1-3-9(11)13-7-12(19)10-5-6-20-8-14(10)21-13/h1-8H,(H2,19,21). The summed E-state index contributed by atoms with van der Waals surface area (Å²) in [6, 6.07) is 8.42. The molecule has 6 heteroatoms. The number of hydrogen-bond donors (Lipinski definition) is 1. The molecule has 0 aliphatic carbocycles. The van der Waals surface area contributed by atoms with Crippen molar-refractivity contribution >= 4 is 16.6 Å². The molecule has 3 nitrogen and oxygen atoms in total. The summed E-state index contributed by atoms with van der Waals surface area (Å²) in [4.78, 5) is 8.16. The highest BCUT2D eigenvalue weighted by Gasteiger charge is 2.33. The van der Waals surface area contributed by atoms with Crippen LogP contribution in [0.2, 0.25) is 0 Å². The van der Waals surface area contributed by atoms with Gasteiger partial charge >= 0.3 is 6.18 Å². The highest BCUT2D eigenvalue weighted by molar-refractivity contribution is 5.92. The molecular weight excluding hydrogens is 279 g/mol. The molecule has 0 radical (unpaired) electrons. The van der Waals surface area contributed by atoms with Crippen LogP contribution in [0, 0.1) is 0 Å². The first-order valence-corrected chi connectivity index (χ1v) is 6.13. The third kappa shape index (κ3) is 2.40. The molecule has 106 valence electrons. The van der Waals surface area contributed by atoms with Crippen molar-refractivity contribution in [3.8, 4) is 11.3 Å². The molecule has 1 aromatic carbocycles. The molecule has 0 atom stereocenters. The van der Waals surface area contributed by atoms with E-state index in [4.69, 9.17) is 5.73 Å². The van der Waals surface area contributed by atoms with Crippen molar-refractivity contribution in [3.63, 3.8) is 0 Å². The number of hydrogen-bond acceptors (Lipinski definition) is 3. The third-order valence-electron chi connectivity index (χ3n) is 3.15. The SMILES string of the molecule is Nc1cc(-c2ccccc2C(F)(F)F)nc2cnccc12. The van der Waals surface area contributed by atoms with E-state index >= 15 is 0 Å². The lowest BCUT2D eigenvalue weighted by Crippen LogP contribution is -2.07. The Labute approximate surface area is 118 Å². The number of rotatable bonds is 1. The average Bonchev–Trinajstić information content (AvgIpc) is 2.46. The first kappa shape index (κ1) is 13.4. The van der Waals surface area contributed by atoms with Gasteiger partial charge in [-0.25, -0.2) is 4.98 Å². The van der Waals surface area contributed by atoms with Crippen LogP contribution in [0.3, 0.4) is 0 Å². The van der Waals surface area contributed by atoms with E-state index in [-0.39, 0.29) is 11.3 Å². The second-order valence-corrected chi connectivity index (χ2v) is 4.53. The fraction of sp³-hybridized carbons (Fsp3) is 0.0667. The van der Waals surface area contributed by atoms with E-state index in [1.165, 1.54) is 30.5 Å². The van der Waals surface area contributed by atoms with Gasteiger partial charge in [-0.1, -0.05) is 18.2 Å². The Morgan fingerprint density at radius 3 is 2.57 bits per heavy atom. The molecule has 0 saturated heterocycles. The number of halogens is 3. The number of nitrogen functional groups attached to an aromatic ring is 1. The molecule has 0 bridgehead atoms. The zero-order chi connectivity index (χ0) is 15.0. The Hall–Kier alpha value is -2.63. The van der Waals surface area contributed by atoms with E-state index in [2.05, 4.69) is 9.97 Å². The molecule has 3 aromatic rings. The van der Waals surface area contributed by atoms with Crippen molar-refractivity contribution in [1.29, 1.82) is 0 Å². The predicted molar refractivity (Wildman–Crippen MR) is 74.4 cm³/mol. The predicted octanol–water partition coefficient (Wildman–Crippen LogP) is 3.90. The minimum absolute atomic E-state index is 0.00227. The quantitative estimate of drug-likeness (QED) is 0.739. The molecule has 0 saturated carbocycles. The van der Waals surface area contributed by atoms with Gasteiger partial charge < -0.3 is 5.73 Å². The summed E-state index contributed by atoms with van der Waals surface area (Å²) in [5.41, 5.74) is 6.18. The third-order valence-corrected chi connectivity index (χ3v) is 3.15. The van der Waals surface area contributed by atoms with Gasteiger partial charge in [0.1, 0.15) is 0 Å². The molecule has 0 aliphatic heterocycles. The molecule has 2 N–H and O–H groups in total. The molecule has 2 heterocycles. The minimum Gasteiger partial charge on any atom is -0.398 e. The number of fused-ring (bicyclic) bond motifs is 1. The molecule has 3 rings (SSSR count). The second kappa shape index (κ2) is 4.73. The molecule has 0 spiro atoms. The molecule has 0 amide bonds. The number of nitrogens with zero attached hydrogens (tertiary/aromatic N) is 2. The monoisotopic (exact) mass is 289 g/mol. The van der Waals surface area contributed by atoms with Crippen molar-refractivity contribution in [2.75, 3.05) is 5.73 Å². The highest BCUT2D eigenvalue weighted by Crippen LogP contribution is 2.37. The Morgan fingerprint density at radius 1 is 1.05 bits per heavy atom. The molecule has 0 aliphatic rings. The van der Waals surface area contributed by atoms with Gasteiger partial charge in [-0.05, 0) is 18.2 Å². The fourth-order valence-electron chi connectivity index (χ4n) is 2.20. The van der Waals surface area contributed by atoms with Crippen LogP contribution in [0.5, 0.6) is 0 Å². The number of aromatic nitrogens is 2. The lowest BCUT2D eigenvalue weighted by Gasteiger charge is -2.13. The van der Waals surface area contributed by atoms with Gasteiger partial charge in [-0.2, -0.15) is 13.2 Å². The lowest BCUT2D eigenvalue weighted by molar-refractivity contribution is -0.137. The summed E-state index contributed by atoms with van der Waals surface area (Å²) in [5, 5.41) is 0.665. The maximum atomic E-state index is 13.1. The van der Waals surface area contributed by atoms with Crippen LogP contribution in [0.1, 0.15) is 5.56 Å². The van der Waals surface area contributed by atoms with Gasteiger partial charge in [0.25, 0.3) is 0 Å². The van der Waals surface area contributed by atoms with Crippen molar-refractivity contribution < 1.29 is 13.2 Å². The Balaban J connectivity index is 2.27. The minimum atomic E-state index is -4.45. The topological polar surface area (TPSA) is 51.8 Å². The summed E-state index contributed by atoms with van der Waals surface area (Å²) in [6.45, 7) is 0. The number of anilines is 1. The van der Waals surface area contributed by atoms with E-state index in [1.807, 2.05) is 0 Å². The van der Waals surface area contributed by atoms with E-state index in [0.717, 1.165) is 6.07 Å². The van der Waals surface area contributed by atoms with Gasteiger partial charge in [0.2, 0.25) is 0 Å². The van der Waals surface area contributed by atoms with Gasteiger partial charge in [0.15, 0.2) is 0 Å². The van der Waals surface area contributed by atoms with Gasteiger partial charge in [-0.15, -0.1) is 0 Å². The van der Waals surface area contributed by atoms with Crippen molar-refractivity contribution in [2.24, 2.45) is 0 Å². The summed E-state index contributed by atoms with van der Waals surface area (Å²) >= 11 is 0. The largest absolute Gasteiger partial charge is 0.417 e. The number of alkyl halides is 3. The zero-order valence-corrected chi connectivity index (χ0v) is 10.7. The molecule has 21 heavy (non-hydrogen) atoms. The Bertz CT molecular complexity index is 813. The van der Waals surface area contributed by atoms with Crippen LogP contribution in [0.4, 0.5) is 18.9 Å². The van der Waals surface area contributed by atoms with E-state index in [0.29, 0.717) is 16.6 Å². The van der Waals surface area contributed by atoms with Crippen LogP contribution in [0.25, 0.3) is 22.2 Å². The molecular formula is C15H10F3N3. The number of benzene rings is 1. The average molecular weight is 289 g/mol. The summed E-state index contributed by atoms with van der Waals surface area (Å²) in [7, 11) is 0. The molecule has 0 unspecified atom stereocenters. The normalized spacial score (nSPS) is 11.8. The lowest BCUT2D eigenvalue weighted by atomic mass is 10.0. The maximum absolute atomic E-state index is 13.1. The summed E-state index contributed by atoms with van der Waals surface area (Å²) in [6.07, 6.45) is -1.41. The fourth-order valence-corrected chi connectivity index (χ4v) is 2.20. The van der Waals surface area contributed by atoms with E-state index in [9.17, 15) is 13.2 Å². The summed E-state index contributed by atoms with van der Waals surface area (Å²) in [5.74, 6) is 0. The van der Waals surface area contributed by atoms with Gasteiger partial charge in [0.05, 0.1) is 23.0 Å². The first-order chi connectivity index (χ1) is 9.97. The summed E-state index contributed by atoms with van der Waals surface area (Å²) < 4.78 is 39.2. The first-order valence-electron chi connectivity index (χ1n) is 6.13. The molecule has 2 aromatic heterocycles.